The van der Waals surface area contributed by atoms with Crippen LogP contribution in [0.1, 0.15) is 58.3 Å². The van der Waals surface area contributed by atoms with Crippen molar-refractivity contribution in [3.8, 4) is 0 Å². The quantitative estimate of drug-likeness (QED) is 0.869. The Balaban J connectivity index is 1.92. The molecule has 102 valence electrons. The number of hydrogen-bond donors (Lipinski definition) is 1. The highest BCUT2D eigenvalue weighted by Crippen LogP contribution is 2.36. The van der Waals surface area contributed by atoms with Crippen molar-refractivity contribution in [3.05, 3.63) is 17.5 Å². The summed E-state index contributed by atoms with van der Waals surface area (Å²) in [6, 6.07) is 2.93. The Labute approximate surface area is 111 Å². The number of hydrogen-bond acceptors (Lipinski definition) is 2. The smallest absolute Gasteiger partial charge is 0.0625 e. The summed E-state index contributed by atoms with van der Waals surface area (Å²) in [5.41, 5.74) is 3.07. The van der Waals surface area contributed by atoms with Gasteiger partial charge in [-0.3, -0.25) is 4.68 Å². The van der Waals surface area contributed by atoms with Crippen LogP contribution in [-0.2, 0) is 19.5 Å². The van der Waals surface area contributed by atoms with Crippen LogP contribution in [0.4, 0.5) is 0 Å². The van der Waals surface area contributed by atoms with Gasteiger partial charge in [0.25, 0.3) is 0 Å². The van der Waals surface area contributed by atoms with Crippen molar-refractivity contribution in [2.24, 2.45) is 5.41 Å². The standard InChI is InChI=1S/C15H27N3/c1-5-12-9-14(18(6-2)17-12)11-16-13-7-8-15(3,4)10-13/h9,13,16H,5-8,10-11H2,1-4H3. The van der Waals surface area contributed by atoms with Crippen molar-refractivity contribution < 1.29 is 0 Å². The third-order valence-electron chi connectivity index (χ3n) is 4.12. The largest absolute Gasteiger partial charge is 0.308 e. The van der Waals surface area contributed by atoms with Gasteiger partial charge in [0.05, 0.1) is 11.4 Å². The van der Waals surface area contributed by atoms with Gasteiger partial charge >= 0.3 is 0 Å². The second-order valence-corrected chi connectivity index (χ2v) is 6.28. The molecule has 1 aliphatic rings. The number of nitrogens with one attached hydrogen (secondary N) is 1. The lowest BCUT2D eigenvalue weighted by Crippen LogP contribution is -2.28. The van der Waals surface area contributed by atoms with E-state index >= 15 is 0 Å². The summed E-state index contributed by atoms with van der Waals surface area (Å²) in [7, 11) is 0. The second kappa shape index (κ2) is 5.43. The Morgan fingerprint density at radius 2 is 2.22 bits per heavy atom. The molecule has 1 N–H and O–H groups in total. The van der Waals surface area contributed by atoms with E-state index in [9.17, 15) is 0 Å². The number of nitrogens with zero attached hydrogens (tertiary/aromatic N) is 2. The third kappa shape index (κ3) is 3.14. The molecule has 1 aromatic heterocycles. The molecule has 0 aromatic carbocycles. The third-order valence-corrected chi connectivity index (χ3v) is 4.12. The average Bonchev–Trinajstić information content (AvgIpc) is 2.89. The fourth-order valence-electron chi connectivity index (χ4n) is 2.96. The van der Waals surface area contributed by atoms with Crippen molar-refractivity contribution in [1.82, 2.24) is 15.1 Å². The zero-order valence-corrected chi connectivity index (χ0v) is 12.3. The van der Waals surface area contributed by atoms with Gasteiger partial charge in [0.2, 0.25) is 0 Å². The molecular weight excluding hydrogens is 222 g/mol. The van der Waals surface area contributed by atoms with E-state index in [-0.39, 0.29) is 0 Å². The number of rotatable bonds is 5. The summed E-state index contributed by atoms with van der Waals surface area (Å²) in [5.74, 6) is 0. The highest BCUT2D eigenvalue weighted by molar-refractivity contribution is 5.10. The molecule has 3 heteroatoms. The predicted molar refractivity (Wildman–Crippen MR) is 75.5 cm³/mol. The van der Waals surface area contributed by atoms with Crippen molar-refractivity contribution in [2.45, 2.75) is 72.5 Å². The molecule has 0 bridgehead atoms. The molecule has 1 unspecified atom stereocenters. The second-order valence-electron chi connectivity index (χ2n) is 6.28. The molecule has 3 nitrogen and oxygen atoms in total. The molecule has 18 heavy (non-hydrogen) atoms. The Morgan fingerprint density at radius 3 is 2.78 bits per heavy atom. The first-order chi connectivity index (χ1) is 8.54. The van der Waals surface area contributed by atoms with Gasteiger partial charge in [0.15, 0.2) is 0 Å². The van der Waals surface area contributed by atoms with Crippen LogP contribution in [0.2, 0.25) is 0 Å². The van der Waals surface area contributed by atoms with Crippen LogP contribution in [0.5, 0.6) is 0 Å². The van der Waals surface area contributed by atoms with Gasteiger partial charge in [-0.25, -0.2) is 0 Å². The fourth-order valence-corrected chi connectivity index (χ4v) is 2.96. The summed E-state index contributed by atoms with van der Waals surface area (Å²) in [6.07, 6.45) is 4.98. The zero-order valence-electron chi connectivity index (χ0n) is 12.3. The first-order valence-electron chi connectivity index (χ1n) is 7.33. The minimum atomic E-state index is 0.525. The SMILES string of the molecule is CCc1cc(CNC2CCC(C)(C)C2)n(CC)n1. The molecule has 1 aliphatic carbocycles. The summed E-state index contributed by atoms with van der Waals surface area (Å²) >= 11 is 0. The Bertz CT molecular complexity index is 392. The highest BCUT2D eigenvalue weighted by atomic mass is 15.3. The van der Waals surface area contributed by atoms with Gasteiger partial charge in [-0.1, -0.05) is 20.8 Å². The normalized spacial score (nSPS) is 22.6. The molecule has 0 saturated heterocycles. The molecule has 1 fully saturated rings. The summed E-state index contributed by atoms with van der Waals surface area (Å²) in [6.45, 7) is 11.0. The molecule has 0 spiro atoms. The first-order valence-corrected chi connectivity index (χ1v) is 7.33. The van der Waals surface area contributed by atoms with E-state index in [1.165, 1.54) is 30.7 Å². The molecular formula is C15H27N3. The van der Waals surface area contributed by atoms with Gasteiger partial charge in [-0.2, -0.15) is 5.10 Å². The summed E-state index contributed by atoms with van der Waals surface area (Å²) in [5, 5.41) is 8.30. The van der Waals surface area contributed by atoms with Gasteiger partial charge in [0.1, 0.15) is 0 Å². The molecule has 1 saturated carbocycles. The predicted octanol–water partition coefficient (Wildman–Crippen LogP) is 3.13. The van der Waals surface area contributed by atoms with Crippen LogP contribution in [0.3, 0.4) is 0 Å². The topological polar surface area (TPSA) is 29.9 Å². The maximum atomic E-state index is 4.60. The van der Waals surface area contributed by atoms with E-state index in [2.05, 4.69) is 48.9 Å². The number of aromatic nitrogens is 2. The van der Waals surface area contributed by atoms with Crippen LogP contribution in [-0.4, -0.2) is 15.8 Å². The molecule has 0 radical (unpaired) electrons. The van der Waals surface area contributed by atoms with Gasteiger partial charge < -0.3 is 5.32 Å². The maximum Gasteiger partial charge on any atom is 0.0625 e. The van der Waals surface area contributed by atoms with Crippen LogP contribution >= 0.6 is 0 Å². The lowest BCUT2D eigenvalue weighted by Gasteiger charge is -2.18. The van der Waals surface area contributed by atoms with Crippen molar-refractivity contribution >= 4 is 0 Å². The van der Waals surface area contributed by atoms with Crippen LogP contribution in [0.25, 0.3) is 0 Å². The van der Waals surface area contributed by atoms with Gasteiger partial charge in [0, 0.05) is 19.1 Å². The molecule has 1 heterocycles. The molecule has 2 rings (SSSR count). The van der Waals surface area contributed by atoms with Crippen molar-refractivity contribution in [2.75, 3.05) is 0 Å². The van der Waals surface area contributed by atoms with Gasteiger partial charge in [-0.15, -0.1) is 0 Å². The summed E-state index contributed by atoms with van der Waals surface area (Å²) < 4.78 is 2.13. The van der Waals surface area contributed by atoms with E-state index in [0.717, 1.165) is 19.5 Å². The van der Waals surface area contributed by atoms with Crippen LogP contribution in [0.15, 0.2) is 6.07 Å². The van der Waals surface area contributed by atoms with Crippen LogP contribution in [0, 0.1) is 5.41 Å². The molecule has 1 atom stereocenters. The monoisotopic (exact) mass is 249 g/mol. The molecule has 1 aromatic rings. The maximum absolute atomic E-state index is 4.60. The first kappa shape index (κ1) is 13.6. The Morgan fingerprint density at radius 1 is 1.44 bits per heavy atom. The Kier molecular flexibility index (Phi) is 4.10. The molecule has 0 aliphatic heterocycles. The zero-order chi connectivity index (χ0) is 13.2. The van der Waals surface area contributed by atoms with E-state index < -0.39 is 0 Å². The van der Waals surface area contributed by atoms with E-state index in [1.807, 2.05) is 0 Å². The fraction of sp³-hybridized carbons (Fsp3) is 0.800. The lowest BCUT2D eigenvalue weighted by molar-refractivity contribution is 0.363. The van der Waals surface area contributed by atoms with E-state index in [0.29, 0.717) is 11.5 Å². The van der Waals surface area contributed by atoms with Gasteiger partial charge in [-0.05, 0) is 44.1 Å². The minimum absolute atomic E-state index is 0.525. The van der Waals surface area contributed by atoms with E-state index in [4.69, 9.17) is 0 Å². The van der Waals surface area contributed by atoms with Crippen molar-refractivity contribution in [1.29, 1.82) is 0 Å². The minimum Gasteiger partial charge on any atom is -0.308 e. The highest BCUT2D eigenvalue weighted by Gasteiger charge is 2.30. The average molecular weight is 249 g/mol. The van der Waals surface area contributed by atoms with E-state index in [1.54, 1.807) is 0 Å². The number of aryl methyl sites for hydroxylation is 2. The summed E-state index contributed by atoms with van der Waals surface area (Å²) in [4.78, 5) is 0. The Hall–Kier alpha value is -0.830. The lowest BCUT2D eigenvalue weighted by atomic mass is 9.92. The van der Waals surface area contributed by atoms with Crippen LogP contribution < -0.4 is 5.32 Å². The van der Waals surface area contributed by atoms with Crippen molar-refractivity contribution in [3.63, 3.8) is 0 Å². The molecule has 0 amide bonds.